The molecule has 0 aromatic heterocycles. The highest BCUT2D eigenvalue weighted by molar-refractivity contribution is 6.07. The highest BCUT2D eigenvalue weighted by Crippen LogP contribution is 2.69. The third kappa shape index (κ3) is 2.83. The lowest BCUT2D eigenvalue weighted by Gasteiger charge is -2.37. The minimum absolute atomic E-state index is 0.121. The fourth-order valence-corrected chi connectivity index (χ4v) is 9.25. The van der Waals surface area contributed by atoms with Crippen LogP contribution in [0.3, 0.4) is 0 Å². The smallest absolute Gasteiger partial charge is 0.0622 e. The summed E-state index contributed by atoms with van der Waals surface area (Å²) >= 11 is 0. The normalized spacial score (nSPS) is 16.9. The van der Waals surface area contributed by atoms with Gasteiger partial charge in [0.2, 0.25) is 0 Å². The van der Waals surface area contributed by atoms with Crippen LogP contribution in [-0.4, -0.2) is 0 Å². The van der Waals surface area contributed by atoms with E-state index in [1.165, 1.54) is 77.9 Å². The number of rotatable bonds is 2. The van der Waals surface area contributed by atoms with Crippen molar-refractivity contribution in [3.63, 3.8) is 0 Å². The van der Waals surface area contributed by atoms with Gasteiger partial charge in [-0.15, -0.1) is 0 Å². The van der Waals surface area contributed by atoms with Crippen LogP contribution in [0, 0.1) is 0 Å². The molecule has 9 rings (SSSR count). The molecular weight excluding hydrogens is 516 g/mol. The molecule has 0 spiro atoms. The molecule has 0 saturated carbocycles. The summed E-state index contributed by atoms with van der Waals surface area (Å²) < 4.78 is 0. The Kier molecular flexibility index (Phi) is 4.76. The van der Waals surface area contributed by atoms with Gasteiger partial charge in [0.25, 0.3) is 0 Å². The van der Waals surface area contributed by atoms with Crippen molar-refractivity contribution >= 4 is 0 Å². The maximum atomic E-state index is 2.46. The van der Waals surface area contributed by atoms with E-state index in [0.29, 0.717) is 0 Å². The summed E-state index contributed by atoms with van der Waals surface area (Å²) in [6.07, 6.45) is 0. The van der Waals surface area contributed by atoms with E-state index in [1.54, 1.807) is 0 Å². The number of fused-ring (bicyclic) bond motifs is 12. The SMILES string of the molecule is CC1(C)c2ccccc2-c2c3c(c4c(c21)C(C)(C)c1ccccc1-4)C(c1ccccc1)(c1ccccc1)c1ccccc1-3. The maximum absolute atomic E-state index is 2.46. The van der Waals surface area contributed by atoms with Crippen molar-refractivity contribution in [3.8, 4) is 33.4 Å². The molecule has 0 unspecified atom stereocenters. The summed E-state index contributed by atoms with van der Waals surface area (Å²) in [4.78, 5) is 0. The first kappa shape index (κ1) is 24.9. The van der Waals surface area contributed by atoms with E-state index in [4.69, 9.17) is 0 Å². The van der Waals surface area contributed by atoms with E-state index >= 15 is 0 Å². The highest BCUT2D eigenvalue weighted by atomic mass is 14.6. The minimum Gasteiger partial charge on any atom is -0.0622 e. The molecule has 0 fully saturated rings. The van der Waals surface area contributed by atoms with Crippen LogP contribution in [0.2, 0.25) is 0 Å². The maximum Gasteiger partial charge on any atom is 0.0719 e. The zero-order chi connectivity index (χ0) is 29.1. The lowest BCUT2D eigenvalue weighted by Crippen LogP contribution is -2.30. The summed E-state index contributed by atoms with van der Waals surface area (Å²) in [6.45, 7) is 9.81. The first-order valence-electron chi connectivity index (χ1n) is 15.6. The molecule has 0 saturated heterocycles. The Morgan fingerprint density at radius 2 is 0.674 bits per heavy atom. The predicted octanol–water partition coefficient (Wildman–Crippen LogP) is 10.7. The lowest BCUT2D eigenvalue weighted by molar-refractivity contribution is 0.600. The second-order valence-electron chi connectivity index (χ2n) is 13.6. The second-order valence-corrected chi connectivity index (χ2v) is 13.6. The van der Waals surface area contributed by atoms with E-state index < -0.39 is 5.41 Å². The van der Waals surface area contributed by atoms with Crippen molar-refractivity contribution < 1.29 is 0 Å². The van der Waals surface area contributed by atoms with Crippen molar-refractivity contribution in [3.05, 3.63) is 178 Å². The Morgan fingerprint density at radius 1 is 0.326 bits per heavy atom. The molecular formula is C43H34. The second kappa shape index (κ2) is 8.23. The van der Waals surface area contributed by atoms with E-state index in [2.05, 4.69) is 161 Å². The summed E-state index contributed by atoms with van der Waals surface area (Å²) in [6, 6.07) is 50.2. The first-order chi connectivity index (χ1) is 20.9. The fraction of sp³-hybridized carbons (Fsp3) is 0.163. The van der Waals surface area contributed by atoms with Crippen LogP contribution in [0.5, 0.6) is 0 Å². The molecule has 0 amide bonds. The molecule has 6 aromatic rings. The van der Waals surface area contributed by atoms with Crippen molar-refractivity contribution in [1.82, 2.24) is 0 Å². The molecule has 6 aromatic carbocycles. The van der Waals surface area contributed by atoms with Gasteiger partial charge in [-0.1, -0.05) is 161 Å². The van der Waals surface area contributed by atoms with Gasteiger partial charge in [-0.25, -0.2) is 0 Å². The Balaban J connectivity index is 1.61. The largest absolute Gasteiger partial charge is 0.0719 e. The monoisotopic (exact) mass is 550 g/mol. The Hall–Kier alpha value is -4.68. The summed E-state index contributed by atoms with van der Waals surface area (Å²) in [7, 11) is 0. The predicted molar refractivity (Wildman–Crippen MR) is 179 cm³/mol. The van der Waals surface area contributed by atoms with Crippen molar-refractivity contribution in [1.29, 1.82) is 0 Å². The Morgan fingerprint density at radius 3 is 1.19 bits per heavy atom. The van der Waals surface area contributed by atoms with Crippen molar-refractivity contribution in [2.45, 2.75) is 43.9 Å². The van der Waals surface area contributed by atoms with E-state index in [-0.39, 0.29) is 10.8 Å². The van der Waals surface area contributed by atoms with Gasteiger partial charge in [0.05, 0.1) is 5.41 Å². The summed E-state index contributed by atoms with van der Waals surface area (Å²) in [5.74, 6) is 0. The van der Waals surface area contributed by atoms with E-state index in [1.807, 2.05) is 0 Å². The molecule has 0 aliphatic heterocycles. The third-order valence-corrected chi connectivity index (χ3v) is 10.9. The van der Waals surface area contributed by atoms with Gasteiger partial charge in [-0.3, -0.25) is 0 Å². The van der Waals surface area contributed by atoms with Crippen LogP contribution in [-0.2, 0) is 16.2 Å². The fourth-order valence-electron chi connectivity index (χ4n) is 9.25. The highest BCUT2D eigenvalue weighted by Gasteiger charge is 2.55. The third-order valence-electron chi connectivity index (χ3n) is 10.9. The standard InChI is InChI=1S/C43H34/c1-41(2)32-24-14-11-21-29(32)36-35-31-23-13-16-26-34(31)43(27-17-7-5-8-18-27,28-19-9-6-10-20-28)38(35)37-30-22-12-15-25-33(30)42(3,4)40(37)39(36)41/h5-26H,1-4H3. The van der Waals surface area contributed by atoms with Crippen LogP contribution < -0.4 is 0 Å². The zero-order valence-corrected chi connectivity index (χ0v) is 25.2. The van der Waals surface area contributed by atoms with Gasteiger partial charge in [-0.2, -0.15) is 0 Å². The zero-order valence-electron chi connectivity index (χ0n) is 25.2. The first-order valence-corrected chi connectivity index (χ1v) is 15.6. The van der Waals surface area contributed by atoms with Crippen LogP contribution in [0.15, 0.2) is 133 Å². The minimum atomic E-state index is -0.456. The molecule has 0 atom stereocenters. The van der Waals surface area contributed by atoms with Crippen LogP contribution >= 0.6 is 0 Å². The molecule has 206 valence electrons. The summed E-state index contributed by atoms with van der Waals surface area (Å²) in [5.41, 5.74) is 19.1. The number of hydrogen-bond donors (Lipinski definition) is 0. The van der Waals surface area contributed by atoms with Crippen LogP contribution in [0.1, 0.15) is 72.2 Å². The number of benzene rings is 6. The molecule has 43 heavy (non-hydrogen) atoms. The number of hydrogen-bond acceptors (Lipinski definition) is 0. The van der Waals surface area contributed by atoms with Crippen molar-refractivity contribution in [2.24, 2.45) is 0 Å². The molecule has 3 aliphatic rings. The Bertz CT molecular complexity index is 2070. The van der Waals surface area contributed by atoms with Gasteiger partial charge in [0, 0.05) is 10.8 Å². The molecule has 3 aliphatic carbocycles. The van der Waals surface area contributed by atoms with E-state index in [0.717, 1.165) is 0 Å². The molecule has 0 radical (unpaired) electrons. The summed E-state index contributed by atoms with van der Waals surface area (Å²) in [5, 5.41) is 0. The lowest BCUT2D eigenvalue weighted by atomic mass is 9.64. The van der Waals surface area contributed by atoms with Gasteiger partial charge in [0.1, 0.15) is 0 Å². The van der Waals surface area contributed by atoms with Crippen LogP contribution in [0.4, 0.5) is 0 Å². The molecule has 0 bridgehead atoms. The van der Waals surface area contributed by atoms with Crippen LogP contribution in [0.25, 0.3) is 33.4 Å². The topological polar surface area (TPSA) is 0 Å². The average molecular weight is 551 g/mol. The van der Waals surface area contributed by atoms with Gasteiger partial charge in [-0.05, 0) is 77.9 Å². The molecule has 0 N–H and O–H groups in total. The Labute approximate surface area is 254 Å². The molecule has 0 nitrogen and oxygen atoms in total. The van der Waals surface area contributed by atoms with Gasteiger partial charge < -0.3 is 0 Å². The van der Waals surface area contributed by atoms with Crippen molar-refractivity contribution in [2.75, 3.05) is 0 Å². The quantitative estimate of drug-likeness (QED) is 0.201. The van der Waals surface area contributed by atoms with Gasteiger partial charge >= 0.3 is 0 Å². The molecule has 0 heterocycles. The average Bonchev–Trinajstić information content (AvgIpc) is 3.57. The van der Waals surface area contributed by atoms with Gasteiger partial charge in [0.15, 0.2) is 0 Å². The van der Waals surface area contributed by atoms with E-state index in [9.17, 15) is 0 Å². The molecule has 0 heteroatoms.